The van der Waals surface area contributed by atoms with Gasteiger partial charge in [-0.1, -0.05) is 188 Å². The summed E-state index contributed by atoms with van der Waals surface area (Å²) in [5, 5.41) is 4.76. The molecule has 0 aliphatic rings. The van der Waals surface area contributed by atoms with E-state index in [1.54, 1.807) is 0 Å². The summed E-state index contributed by atoms with van der Waals surface area (Å²) >= 11 is 1.82. The molecule has 8 heteroatoms. The first-order valence-corrected chi connectivity index (χ1v) is 23.4. The molecule has 7 nitrogen and oxygen atoms in total. The first-order valence-electron chi connectivity index (χ1n) is 22.5. The second-order valence-corrected chi connectivity index (χ2v) is 17.7. The number of thiophene rings is 1. The molecule has 0 saturated heterocycles. The Balaban J connectivity index is 1.14. The average Bonchev–Trinajstić information content (AvgIpc) is 3.97. The third-order valence-electron chi connectivity index (χ3n) is 12.5. The first-order chi connectivity index (χ1) is 33.7. The highest BCUT2D eigenvalue weighted by Crippen LogP contribution is 2.45. The van der Waals surface area contributed by atoms with Crippen LogP contribution in [0.15, 0.2) is 224 Å². The molecule has 0 atom stereocenters. The summed E-state index contributed by atoms with van der Waals surface area (Å²) in [4.78, 5) is 31.6. The van der Waals surface area contributed by atoms with E-state index < -0.39 is 0 Å². The minimum absolute atomic E-state index is 0.516. The maximum absolute atomic E-state index is 5.50. The summed E-state index contributed by atoms with van der Waals surface area (Å²) in [5.41, 5.74) is 10.4. The molecule has 0 unspecified atom stereocenters. The normalized spacial score (nSPS) is 11.5. The van der Waals surface area contributed by atoms with Crippen LogP contribution in [0, 0.1) is 0 Å². The van der Waals surface area contributed by atoms with Gasteiger partial charge in [0, 0.05) is 64.3 Å². The van der Waals surface area contributed by atoms with Crippen LogP contribution in [0.25, 0.3) is 127 Å². The van der Waals surface area contributed by atoms with Crippen LogP contribution >= 0.6 is 11.3 Å². The summed E-state index contributed by atoms with van der Waals surface area (Å²) in [6, 6.07) is 77.4. The zero-order valence-electron chi connectivity index (χ0n) is 36.4. The maximum atomic E-state index is 5.50. The summed E-state index contributed by atoms with van der Waals surface area (Å²) in [6.07, 6.45) is 0. The van der Waals surface area contributed by atoms with Gasteiger partial charge in [0.1, 0.15) is 0 Å². The minimum atomic E-state index is 0.516. The van der Waals surface area contributed by atoms with Crippen molar-refractivity contribution in [3.63, 3.8) is 0 Å². The van der Waals surface area contributed by atoms with E-state index in [-0.39, 0.29) is 0 Å². The summed E-state index contributed by atoms with van der Waals surface area (Å²) in [6.45, 7) is 0. The van der Waals surface area contributed by atoms with E-state index in [4.69, 9.17) is 29.9 Å². The Kier molecular flexibility index (Phi) is 9.54. The lowest BCUT2D eigenvalue weighted by molar-refractivity contribution is 1.06. The monoisotopic (exact) mass is 887 g/mol. The highest BCUT2D eigenvalue weighted by molar-refractivity contribution is 7.26. The highest BCUT2D eigenvalue weighted by Gasteiger charge is 2.24. The molecule has 0 saturated carbocycles. The molecule has 4 aromatic heterocycles. The van der Waals surface area contributed by atoms with E-state index in [1.807, 2.05) is 102 Å². The van der Waals surface area contributed by atoms with Gasteiger partial charge in [0.15, 0.2) is 34.9 Å². The number of nitrogens with zero attached hydrogens (tertiary/aromatic N) is 7. The highest BCUT2D eigenvalue weighted by atomic mass is 32.1. The fraction of sp³-hybridized carbons (Fsp3) is 0. The molecule has 0 bridgehead atoms. The van der Waals surface area contributed by atoms with E-state index >= 15 is 0 Å². The molecule has 0 aliphatic heterocycles. The van der Waals surface area contributed by atoms with Crippen LogP contribution in [0.1, 0.15) is 0 Å². The van der Waals surface area contributed by atoms with Crippen LogP contribution < -0.4 is 0 Å². The SMILES string of the molecule is c1ccc(-c2nc(-c3ccccc3)nc(-c3ccc(-n4c5ccccc5c5ccc6sc7ccccc7c6c54)c(-c4nc(-c5ccccc5)nc(-c5ccccc5-c5ccccc5)n4)c3)n2)cc1. The van der Waals surface area contributed by atoms with Gasteiger partial charge in [0.25, 0.3) is 0 Å². The van der Waals surface area contributed by atoms with Gasteiger partial charge < -0.3 is 4.57 Å². The summed E-state index contributed by atoms with van der Waals surface area (Å²) < 4.78 is 4.87. The van der Waals surface area contributed by atoms with Crippen molar-refractivity contribution in [3.8, 4) is 85.1 Å². The van der Waals surface area contributed by atoms with Crippen molar-refractivity contribution in [2.75, 3.05) is 0 Å². The Labute approximate surface area is 395 Å². The van der Waals surface area contributed by atoms with Crippen molar-refractivity contribution in [1.82, 2.24) is 34.5 Å². The summed E-state index contributed by atoms with van der Waals surface area (Å²) in [5.74, 6) is 3.35. The number of rotatable bonds is 8. The molecule has 68 heavy (non-hydrogen) atoms. The predicted octanol–water partition coefficient (Wildman–Crippen LogP) is 15.2. The number of hydrogen-bond acceptors (Lipinski definition) is 7. The topological polar surface area (TPSA) is 82.3 Å². The van der Waals surface area contributed by atoms with Gasteiger partial charge in [-0.05, 0) is 47.5 Å². The third kappa shape index (κ3) is 6.82. The van der Waals surface area contributed by atoms with Crippen LogP contribution in [0.2, 0.25) is 0 Å². The first kappa shape index (κ1) is 39.4. The molecule has 318 valence electrons. The molecule has 13 aromatic rings. The number of fused-ring (bicyclic) bond motifs is 7. The number of para-hydroxylation sites is 1. The average molecular weight is 888 g/mol. The summed E-state index contributed by atoms with van der Waals surface area (Å²) in [7, 11) is 0. The quantitative estimate of drug-likeness (QED) is 0.151. The third-order valence-corrected chi connectivity index (χ3v) is 13.7. The molecule has 9 aromatic carbocycles. The Bertz CT molecular complexity index is 3960. The number of aromatic nitrogens is 7. The van der Waals surface area contributed by atoms with Crippen molar-refractivity contribution in [2.24, 2.45) is 0 Å². The molecule has 0 fully saturated rings. The van der Waals surface area contributed by atoms with Gasteiger partial charge >= 0.3 is 0 Å². The van der Waals surface area contributed by atoms with Gasteiger partial charge in [-0.2, -0.15) is 0 Å². The molecular formula is C60H37N7S. The standard InChI is InChI=1S/C60H37N7S/c1-5-19-38(20-6-1)43-27-13-14-29-46(43)59-64-57(41-25-11-4-12-26-41)65-60(66-59)48-37-42(58-62-55(39-21-7-2-8-22-39)61-56(63-58)40-23-9-3-10-24-40)33-35-50(48)67-49-31-17-15-28-44(49)45-34-36-52-53(54(45)67)47-30-16-18-32-51(47)68-52/h1-37H. The van der Waals surface area contributed by atoms with Crippen LogP contribution in [-0.4, -0.2) is 34.5 Å². The van der Waals surface area contributed by atoms with Crippen molar-refractivity contribution < 1.29 is 0 Å². The Morgan fingerprint density at radius 3 is 1.40 bits per heavy atom. The van der Waals surface area contributed by atoms with Gasteiger partial charge in [-0.25, -0.2) is 29.9 Å². The van der Waals surface area contributed by atoms with Crippen LogP contribution in [0.5, 0.6) is 0 Å². The van der Waals surface area contributed by atoms with Gasteiger partial charge in [0.05, 0.1) is 16.7 Å². The molecular weight excluding hydrogens is 851 g/mol. The van der Waals surface area contributed by atoms with Crippen LogP contribution in [-0.2, 0) is 0 Å². The zero-order chi connectivity index (χ0) is 45.0. The van der Waals surface area contributed by atoms with Crippen molar-refractivity contribution >= 4 is 53.3 Å². The maximum Gasteiger partial charge on any atom is 0.166 e. The number of benzene rings is 9. The van der Waals surface area contributed by atoms with Crippen molar-refractivity contribution in [2.45, 2.75) is 0 Å². The molecule has 0 spiro atoms. The van der Waals surface area contributed by atoms with E-state index in [1.165, 1.54) is 25.6 Å². The van der Waals surface area contributed by atoms with E-state index in [0.29, 0.717) is 34.9 Å². The minimum Gasteiger partial charge on any atom is -0.308 e. The van der Waals surface area contributed by atoms with Gasteiger partial charge in [-0.3, -0.25) is 0 Å². The fourth-order valence-corrected chi connectivity index (χ4v) is 10.5. The predicted molar refractivity (Wildman–Crippen MR) is 278 cm³/mol. The molecule has 0 aliphatic carbocycles. The largest absolute Gasteiger partial charge is 0.308 e. The number of hydrogen-bond donors (Lipinski definition) is 0. The smallest absolute Gasteiger partial charge is 0.166 e. The van der Waals surface area contributed by atoms with E-state index in [9.17, 15) is 0 Å². The molecule has 0 N–H and O–H groups in total. The lowest BCUT2D eigenvalue weighted by Gasteiger charge is -2.17. The Hall–Kier alpha value is -8.98. The zero-order valence-corrected chi connectivity index (χ0v) is 37.2. The molecule has 4 heterocycles. The molecule has 0 amide bonds. The van der Waals surface area contributed by atoms with Crippen molar-refractivity contribution in [3.05, 3.63) is 224 Å². The second kappa shape index (κ2) is 16.5. The lowest BCUT2D eigenvalue weighted by Crippen LogP contribution is -2.05. The van der Waals surface area contributed by atoms with E-state index in [2.05, 4.69) is 138 Å². The lowest BCUT2D eigenvalue weighted by atomic mass is 9.99. The van der Waals surface area contributed by atoms with Gasteiger partial charge in [-0.15, -0.1) is 11.3 Å². The van der Waals surface area contributed by atoms with Gasteiger partial charge in [0.2, 0.25) is 0 Å². The fourth-order valence-electron chi connectivity index (χ4n) is 9.38. The van der Waals surface area contributed by atoms with Crippen LogP contribution in [0.3, 0.4) is 0 Å². The Morgan fingerprint density at radius 2 is 0.765 bits per heavy atom. The second-order valence-electron chi connectivity index (χ2n) is 16.6. The Morgan fingerprint density at radius 1 is 0.294 bits per heavy atom. The molecule has 13 rings (SSSR count). The van der Waals surface area contributed by atoms with Crippen LogP contribution in [0.4, 0.5) is 0 Å². The van der Waals surface area contributed by atoms with E-state index in [0.717, 1.165) is 66.6 Å². The van der Waals surface area contributed by atoms with Crippen molar-refractivity contribution in [1.29, 1.82) is 0 Å². The molecule has 0 radical (unpaired) electrons.